The molecular formula is C14H18. The highest BCUT2D eigenvalue weighted by atomic mass is 14.1. The number of rotatable bonds is 6. The van der Waals surface area contributed by atoms with Crippen LogP contribution in [0.5, 0.6) is 0 Å². The first-order chi connectivity index (χ1) is 6.63. The maximum atomic E-state index is 3.97. The molecule has 0 saturated carbocycles. The molecule has 74 valence electrons. The summed E-state index contributed by atoms with van der Waals surface area (Å²) in [6, 6.07) is 0. The van der Waals surface area contributed by atoms with E-state index in [1.807, 2.05) is 24.3 Å². The van der Waals surface area contributed by atoms with Gasteiger partial charge in [0.25, 0.3) is 0 Å². The fourth-order valence-corrected chi connectivity index (χ4v) is 0.910. The van der Waals surface area contributed by atoms with Crippen molar-refractivity contribution in [1.29, 1.82) is 0 Å². The van der Waals surface area contributed by atoms with E-state index in [-0.39, 0.29) is 5.92 Å². The summed E-state index contributed by atoms with van der Waals surface area (Å²) in [4.78, 5) is 0. The van der Waals surface area contributed by atoms with Crippen molar-refractivity contribution in [3.05, 3.63) is 73.9 Å². The van der Waals surface area contributed by atoms with Gasteiger partial charge in [0.15, 0.2) is 0 Å². The Bertz CT molecular complexity index is 257. The first kappa shape index (κ1) is 12.4. The van der Waals surface area contributed by atoms with E-state index in [9.17, 15) is 0 Å². The van der Waals surface area contributed by atoms with Gasteiger partial charge < -0.3 is 0 Å². The Hall–Kier alpha value is -1.56. The van der Waals surface area contributed by atoms with Crippen LogP contribution in [0.15, 0.2) is 73.9 Å². The molecule has 0 unspecified atom stereocenters. The minimum atomic E-state index is 0.252. The smallest absolute Gasteiger partial charge is 0.00492 e. The van der Waals surface area contributed by atoms with Crippen LogP contribution in [0.25, 0.3) is 0 Å². The molecule has 0 spiro atoms. The molecule has 0 aromatic heterocycles. The Morgan fingerprint density at radius 3 is 1.57 bits per heavy atom. The first-order valence-corrected chi connectivity index (χ1v) is 4.59. The van der Waals surface area contributed by atoms with Crippen LogP contribution in [0.3, 0.4) is 0 Å². The molecule has 0 atom stereocenters. The zero-order valence-corrected chi connectivity index (χ0v) is 8.87. The summed E-state index contributed by atoms with van der Waals surface area (Å²) >= 11 is 0. The molecule has 0 aromatic rings. The van der Waals surface area contributed by atoms with E-state index in [1.165, 1.54) is 0 Å². The monoisotopic (exact) mass is 186 g/mol. The molecular weight excluding hydrogens is 168 g/mol. The molecule has 0 rings (SSSR count). The normalized spacial score (nSPS) is 11.0. The molecule has 0 aliphatic rings. The molecule has 14 heavy (non-hydrogen) atoms. The van der Waals surface area contributed by atoms with E-state index in [0.717, 1.165) is 11.1 Å². The van der Waals surface area contributed by atoms with E-state index >= 15 is 0 Å². The molecule has 0 aromatic carbocycles. The SMILES string of the molecule is C=C/C=C\C(=C)C(C)C(=C)/C=C\C=C. The molecule has 0 heteroatoms. The number of allylic oxidation sites excluding steroid dienone is 8. The van der Waals surface area contributed by atoms with Crippen molar-refractivity contribution in [2.75, 3.05) is 0 Å². The van der Waals surface area contributed by atoms with Gasteiger partial charge >= 0.3 is 0 Å². The maximum Gasteiger partial charge on any atom is 0.00492 e. The predicted molar refractivity (Wildman–Crippen MR) is 66.1 cm³/mol. The van der Waals surface area contributed by atoms with Gasteiger partial charge in [0.1, 0.15) is 0 Å². The van der Waals surface area contributed by atoms with Gasteiger partial charge in [-0.25, -0.2) is 0 Å². The summed E-state index contributed by atoms with van der Waals surface area (Å²) in [6.07, 6.45) is 11.1. The second-order valence-electron chi connectivity index (χ2n) is 3.06. The van der Waals surface area contributed by atoms with Crippen molar-refractivity contribution >= 4 is 0 Å². The minimum Gasteiger partial charge on any atom is -0.0991 e. The number of hydrogen-bond acceptors (Lipinski definition) is 0. The molecule has 0 amide bonds. The molecule has 0 fully saturated rings. The van der Waals surface area contributed by atoms with Crippen molar-refractivity contribution < 1.29 is 0 Å². The molecule has 0 nitrogen and oxygen atoms in total. The Balaban J connectivity index is 4.38. The minimum absolute atomic E-state index is 0.252. The highest BCUT2D eigenvalue weighted by Gasteiger charge is 2.04. The van der Waals surface area contributed by atoms with Crippen molar-refractivity contribution in [1.82, 2.24) is 0 Å². The fraction of sp³-hybridized carbons (Fsp3) is 0.143. The second-order valence-corrected chi connectivity index (χ2v) is 3.06. The van der Waals surface area contributed by atoms with Crippen molar-refractivity contribution in [2.24, 2.45) is 5.92 Å². The van der Waals surface area contributed by atoms with Gasteiger partial charge in [0.05, 0.1) is 0 Å². The largest absolute Gasteiger partial charge is 0.0991 e. The lowest BCUT2D eigenvalue weighted by molar-refractivity contribution is 0.856. The van der Waals surface area contributed by atoms with Crippen molar-refractivity contribution in [2.45, 2.75) is 6.92 Å². The summed E-state index contributed by atoms with van der Waals surface area (Å²) < 4.78 is 0. The summed E-state index contributed by atoms with van der Waals surface area (Å²) in [6.45, 7) is 17.2. The molecule has 0 saturated heterocycles. The maximum absolute atomic E-state index is 3.97. The number of hydrogen-bond donors (Lipinski definition) is 0. The summed E-state index contributed by atoms with van der Waals surface area (Å²) in [5.74, 6) is 0.252. The Morgan fingerprint density at radius 2 is 1.29 bits per heavy atom. The van der Waals surface area contributed by atoms with E-state index in [1.54, 1.807) is 12.2 Å². The molecule has 0 bridgehead atoms. The Morgan fingerprint density at radius 1 is 0.929 bits per heavy atom. The van der Waals surface area contributed by atoms with Crippen LogP contribution in [0.1, 0.15) is 6.92 Å². The highest BCUT2D eigenvalue weighted by molar-refractivity contribution is 5.32. The first-order valence-electron chi connectivity index (χ1n) is 4.59. The third-order valence-electron chi connectivity index (χ3n) is 2.01. The Kier molecular flexibility index (Phi) is 6.13. The average molecular weight is 186 g/mol. The topological polar surface area (TPSA) is 0 Å². The molecule has 0 N–H and O–H groups in total. The van der Waals surface area contributed by atoms with Gasteiger partial charge in [-0.1, -0.05) is 69.7 Å². The van der Waals surface area contributed by atoms with Crippen LogP contribution >= 0.6 is 0 Å². The van der Waals surface area contributed by atoms with Gasteiger partial charge in [-0.3, -0.25) is 0 Å². The second kappa shape index (κ2) is 6.90. The van der Waals surface area contributed by atoms with Crippen LogP contribution in [0.4, 0.5) is 0 Å². The van der Waals surface area contributed by atoms with Crippen molar-refractivity contribution in [3.8, 4) is 0 Å². The average Bonchev–Trinajstić information content (AvgIpc) is 2.21. The molecule has 0 radical (unpaired) electrons. The highest BCUT2D eigenvalue weighted by Crippen LogP contribution is 2.19. The quantitative estimate of drug-likeness (QED) is 0.545. The van der Waals surface area contributed by atoms with Crippen LogP contribution in [0.2, 0.25) is 0 Å². The van der Waals surface area contributed by atoms with E-state index in [4.69, 9.17) is 0 Å². The van der Waals surface area contributed by atoms with Crippen LogP contribution in [-0.4, -0.2) is 0 Å². The van der Waals surface area contributed by atoms with Gasteiger partial charge in [0, 0.05) is 5.92 Å². The lowest BCUT2D eigenvalue weighted by Crippen LogP contribution is -1.97. The zero-order chi connectivity index (χ0) is 11.0. The zero-order valence-electron chi connectivity index (χ0n) is 8.87. The van der Waals surface area contributed by atoms with Gasteiger partial charge in [-0.05, 0) is 11.1 Å². The van der Waals surface area contributed by atoms with Crippen LogP contribution < -0.4 is 0 Å². The van der Waals surface area contributed by atoms with Gasteiger partial charge in [-0.15, -0.1) is 0 Å². The van der Waals surface area contributed by atoms with E-state index in [0.29, 0.717) is 0 Å². The fourth-order valence-electron chi connectivity index (χ4n) is 0.910. The molecule has 0 heterocycles. The van der Waals surface area contributed by atoms with E-state index in [2.05, 4.69) is 33.2 Å². The predicted octanol–water partition coefficient (Wildman–Crippen LogP) is 4.22. The van der Waals surface area contributed by atoms with Crippen LogP contribution in [-0.2, 0) is 0 Å². The van der Waals surface area contributed by atoms with Gasteiger partial charge in [0.2, 0.25) is 0 Å². The summed E-state index contributed by atoms with van der Waals surface area (Å²) in [5, 5.41) is 0. The molecule has 0 aliphatic heterocycles. The lowest BCUT2D eigenvalue weighted by Gasteiger charge is -2.11. The van der Waals surface area contributed by atoms with Crippen molar-refractivity contribution in [3.63, 3.8) is 0 Å². The van der Waals surface area contributed by atoms with Crippen LogP contribution in [0, 0.1) is 5.92 Å². The Labute approximate surface area is 87.3 Å². The third kappa shape index (κ3) is 4.46. The lowest BCUT2D eigenvalue weighted by atomic mass is 9.94. The van der Waals surface area contributed by atoms with Gasteiger partial charge in [-0.2, -0.15) is 0 Å². The summed E-state index contributed by atoms with van der Waals surface area (Å²) in [7, 11) is 0. The van der Waals surface area contributed by atoms with E-state index < -0.39 is 0 Å². The summed E-state index contributed by atoms with van der Waals surface area (Å²) in [5.41, 5.74) is 2.06. The molecule has 0 aliphatic carbocycles. The standard InChI is InChI=1S/C14H18/c1-6-8-10-12(3)14(5)13(4)11-9-7-2/h6-11,14H,1-4H2,5H3/b10-8-,11-9-. The third-order valence-corrected chi connectivity index (χ3v) is 2.01.